The van der Waals surface area contributed by atoms with E-state index in [1.54, 1.807) is 12.1 Å². The van der Waals surface area contributed by atoms with Crippen LogP contribution in [-0.2, 0) is 0 Å². The summed E-state index contributed by atoms with van der Waals surface area (Å²) in [4.78, 5) is 25.7. The van der Waals surface area contributed by atoms with Gasteiger partial charge in [-0.15, -0.1) is 0 Å². The van der Waals surface area contributed by atoms with Gasteiger partial charge in [0.2, 0.25) is 0 Å². The van der Waals surface area contributed by atoms with Gasteiger partial charge in [-0.05, 0) is 74.7 Å². The van der Waals surface area contributed by atoms with E-state index >= 15 is 0 Å². The molecule has 29 heavy (non-hydrogen) atoms. The third-order valence-corrected chi connectivity index (χ3v) is 5.20. The van der Waals surface area contributed by atoms with Crippen molar-refractivity contribution in [2.75, 3.05) is 23.3 Å². The van der Waals surface area contributed by atoms with Gasteiger partial charge in [0.25, 0.3) is 11.6 Å². The highest BCUT2D eigenvalue weighted by Crippen LogP contribution is 2.31. The maximum absolute atomic E-state index is 12.6. The van der Waals surface area contributed by atoms with Crippen LogP contribution in [0.15, 0.2) is 36.4 Å². The number of rotatable bonds is 4. The van der Waals surface area contributed by atoms with Crippen LogP contribution >= 0.6 is 12.2 Å². The highest BCUT2D eigenvalue weighted by molar-refractivity contribution is 7.80. The first kappa shape index (κ1) is 20.7. The maximum atomic E-state index is 12.6. The third-order valence-electron chi connectivity index (χ3n) is 5.00. The van der Waals surface area contributed by atoms with Gasteiger partial charge in [0.15, 0.2) is 5.11 Å². The van der Waals surface area contributed by atoms with Crippen molar-refractivity contribution < 1.29 is 9.72 Å². The monoisotopic (exact) mass is 412 g/mol. The van der Waals surface area contributed by atoms with Crippen LogP contribution in [-0.4, -0.2) is 29.0 Å². The Labute approximate surface area is 175 Å². The minimum atomic E-state index is -0.485. The number of thiocarbonyl (C=S) groups is 1. The van der Waals surface area contributed by atoms with E-state index in [-0.39, 0.29) is 16.4 Å². The minimum absolute atomic E-state index is 0.0621. The Bertz CT molecular complexity index is 955. The number of aryl methyl sites for hydroxylation is 2. The van der Waals surface area contributed by atoms with Crippen molar-refractivity contribution in [2.45, 2.75) is 33.1 Å². The molecule has 0 radical (unpaired) electrons. The summed E-state index contributed by atoms with van der Waals surface area (Å²) in [5.74, 6) is -0.485. The van der Waals surface area contributed by atoms with E-state index in [0.717, 1.165) is 49.2 Å². The molecule has 2 aromatic rings. The summed E-state index contributed by atoms with van der Waals surface area (Å²) in [7, 11) is 0. The first-order valence-electron chi connectivity index (χ1n) is 9.58. The molecule has 0 aromatic heterocycles. The molecule has 152 valence electrons. The lowest BCUT2D eigenvalue weighted by Gasteiger charge is -2.28. The molecule has 7 nitrogen and oxygen atoms in total. The summed E-state index contributed by atoms with van der Waals surface area (Å²) in [6.07, 6.45) is 3.16. The van der Waals surface area contributed by atoms with Crippen LogP contribution in [0.25, 0.3) is 0 Å². The molecule has 3 rings (SSSR count). The van der Waals surface area contributed by atoms with Crippen molar-refractivity contribution in [3.8, 4) is 0 Å². The molecule has 0 saturated carbocycles. The van der Waals surface area contributed by atoms with Crippen LogP contribution < -0.4 is 15.5 Å². The minimum Gasteiger partial charge on any atom is -0.366 e. The van der Waals surface area contributed by atoms with Crippen LogP contribution in [0.4, 0.5) is 17.1 Å². The highest BCUT2D eigenvalue weighted by atomic mass is 32.1. The Hall–Kier alpha value is -3.00. The Balaban J connectivity index is 1.74. The molecule has 8 heteroatoms. The topological polar surface area (TPSA) is 87.5 Å². The van der Waals surface area contributed by atoms with Gasteiger partial charge in [-0.1, -0.05) is 12.1 Å². The number of amides is 1. The van der Waals surface area contributed by atoms with Gasteiger partial charge in [-0.2, -0.15) is 0 Å². The van der Waals surface area contributed by atoms with Crippen molar-refractivity contribution in [2.24, 2.45) is 0 Å². The molecule has 1 heterocycles. The van der Waals surface area contributed by atoms with Crippen molar-refractivity contribution in [1.82, 2.24) is 5.32 Å². The van der Waals surface area contributed by atoms with E-state index in [1.807, 2.05) is 36.9 Å². The number of nitrogens with one attached hydrogen (secondary N) is 2. The van der Waals surface area contributed by atoms with Crippen molar-refractivity contribution in [3.05, 3.63) is 63.2 Å². The second-order valence-corrected chi connectivity index (χ2v) is 7.64. The SMILES string of the molecule is Cc1ccc(C)c(NC(=S)NC(=O)c2ccc(N3CCCCC3)c([N+](=O)[O-])c2)c1. The van der Waals surface area contributed by atoms with Gasteiger partial charge in [0, 0.05) is 30.4 Å². The molecule has 0 unspecified atom stereocenters. The summed E-state index contributed by atoms with van der Waals surface area (Å²) >= 11 is 5.24. The van der Waals surface area contributed by atoms with Gasteiger partial charge < -0.3 is 10.2 Å². The van der Waals surface area contributed by atoms with E-state index in [1.165, 1.54) is 6.07 Å². The van der Waals surface area contributed by atoms with E-state index in [0.29, 0.717) is 5.69 Å². The molecule has 1 fully saturated rings. The molecule has 0 bridgehead atoms. The van der Waals surface area contributed by atoms with Crippen molar-refractivity contribution in [3.63, 3.8) is 0 Å². The molecule has 1 aliphatic rings. The average Bonchev–Trinajstić information content (AvgIpc) is 2.70. The maximum Gasteiger partial charge on any atom is 0.293 e. The standard InChI is InChI=1S/C21H24N4O3S/c1-14-6-7-15(2)17(12-14)22-21(29)23-20(26)16-8-9-18(19(13-16)25(27)28)24-10-4-3-5-11-24/h6-9,12-13H,3-5,10-11H2,1-2H3,(H2,22,23,26,29). The predicted molar refractivity (Wildman–Crippen MR) is 119 cm³/mol. The fraction of sp³-hybridized carbons (Fsp3) is 0.333. The number of nitro groups is 1. The summed E-state index contributed by atoms with van der Waals surface area (Å²) in [5.41, 5.74) is 3.56. The van der Waals surface area contributed by atoms with E-state index in [9.17, 15) is 14.9 Å². The molecule has 0 aliphatic carbocycles. The zero-order valence-electron chi connectivity index (χ0n) is 16.5. The summed E-state index contributed by atoms with van der Waals surface area (Å²) in [5, 5.41) is 17.3. The van der Waals surface area contributed by atoms with Crippen molar-refractivity contribution >= 4 is 40.3 Å². The molecule has 1 saturated heterocycles. The Morgan fingerprint density at radius 1 is 1.10 bits per heavy atom. The van der Waals surface area contributed by atoms with Gasteiger partial charge in [-0.3, -0.25) is 20.2 Å². The van der Waals surface area contributed by atoms with Crippen LogP contribution in [0.3, 0.4) is 0 Å². The number of anilines is 2. The molecule has 0 atom stereocenters. The van der Waals surface area contributed by atoms with Crippen LogP contribution in [0.2, 0.25) is 0 Å². The first-order chi connectivity index (χ1) is 13.8. The fourth-order valence-electron chi connectivity index (χ4n) is 3.41. The van der Waals surface area contributed by atoms with Crippen LogP contribution in [0, 0.1) is 24.0 Å². The third kappa shape index (κ3) is 5.08. The van der Waals surface area contributed by atoms with Crippen LogP contribution in [0.1, 0.15) is 40.7 Å². The number of piperidine rings is 1. The van der Waals surface area contributed by atoms with E-state index < -0.39 is 10.8 Å². The predicted octanol–water partition coefficient (Wildman–Crippen LogP) is 4.33. The first-order valence-corrected chi connectivity index (χ1v) is 9.99. The largest absolute Gasteiger partial charge is 0.366 e. The lowest BCUT2D eigenvalue weighted by atomic mass is 10.1. The Morgan fingerprint density at radius 2 is 1.83 bits per heavy atom. The number of nitro benzene ring substituents is 1. The molecule has 2 N–H and O–H groups in total. The number of benzene rings is 2. The zero-order valence-corrected chi connectivity index (χ0v) is 17.3. The molecular formula is C21H24N4O3S. The molecule has 1 amide bonds. The zero-order chi connectivity index (χ0) is 21.0. The number of carbonyl (C=O) groups is 1. The highest BCUT2D eigenvalue weighted by Gasteiger charge is 2.23. The molecule has 2 aromatic carbocycles. The molecule has 0 spiro atoms. The van der Waals surface area contributed by atoms with Crippen LogP contribution in [0.5, 0.6) is 0 Å². The van der Waals surface area contributed by atoms with Gasteiger partial charge in [-0.25, -0.2) is 0 Å². The quantitative estimate of drug-likeness (QED) is 0.442. The second-order valence-electron chi connectivity index (χ2n) is 7.23. The van der Waals surface area contributed by atoms with Gasteiger partial charge in [0.05, 0.1) is 4.92 Å². The van der Waals surface area contributed by atoms with E-state index in [2.05, 4.69) is 10.6 Å². The summed E-state index contributed by atoms with van der Waals surface area (Å²) < 4.78 is 0. The number of nitrogens with zero attached hydrogens (tertiary/aromatic N) is 2. The van der Waals surface area contributed by atoms with E-state index in [4.69, 9.17) is 12.2 Å². The lowest BCUT2D eigenvalue weighted by Crippen LogP contribution is -2.34. The normalized spacial score (nSPS) is 13.7. The Kier molecular flexibility index (Phi) is 6.43. The summed E-state index contributed by atoms with van der Waals surface area (Å²) in [6, 6.07) is 10.5. The van der Waals surface area contributed by atoms with Gasteiger partial charge >= 0.3 is 0 Å². The smallest absolute Gasteiger partial charge is 0.293 e. The van der Waals surface area contributed by atoms with Crippen molar-refractivity contribution in [1.29, 1.82) is 0 Å². The second kappa shape index (κ2) is 9.00. The van der Waals surface area contributed by atoms with Gasteiger partial charge in [0.1, 0.15) is 5.69 Å². The Morgan fingerprint density at radius 3 is 2.52 bits per heavy atom. The number of hydrogen-bond donors (Lipinski definition) is 2. The number of hydrogen-bond acceptors (Lipinski definition) is 5. The summed E-state index contributed by atoms with van der Waals surface area (Å²) in [6.45, 7) is 5.48. The lowest BCUT2D eigenvalue weighted by molar-refractivity contribution is -0.384. The average molecular weight is 413 g/mol. The molecular weight excluding hydrogens is 388 g/mol. The number of carbonyl (C=O) groups excluding carboxylic acids is 1. The molecule has 1 aliphatic heterocycles. The fourth-order valence-corrected chi connectivity index (χ4v) is 3.62.